The lowest BCUT2D eigenvalue weighted by Gasteiger charge is -2.32. The van der Waals surface area contributed by atoms with Gasteiger partial charge in [-0.05, 0) is 57.0 Å². The molecule has 1 aliphatic heterocycles. The van der Waals surface area contributed by atoms with Crippen LogP contribution in [0.5, 0.6) is 0 Å². The second kappa shape index (κ2) is 8.71. The molecule has 0 radical (unpaired) electrons. The molecule has 0 saturated carbocycles. The zero-order chi connectivity index (χ0) is 20.2. The Bertz CT molecular complexity index is 751. The molecule has 1 aromatic carbocycles. The number of rotatable bonds is 7. The van der Waals surface area contributed by atoms with E-state index in [1.165, 1.54) is 4.31 Å². The minimum absolute atomic E-state index is 0.00558. The molecule has 1 fully saturated rings. The number of carbonyl (C=O) groups is 1. The molecule has 27 heavy (non-hydrogen) atoms. The molecule has 0 aliphatic carbocycles. The van der Waals surface area contributed by atoms with Gasteiger partial charge < -0.3 is 10.2 Å². The van der Waals surface area contributed by atoms with Gasteiger partial charge in [0.15, 0.2) is 0 Å². The third-order valence-corrected chi connectivity index (χ3v) is 6.83. The van der Waals surface area contributed by atoms with Crippen LogP contribution in [0.1, 0.15) is 32.3 Å². The second-order valence-electron chi connectivity index (χ2n) is 8.61. The summed E-state index contributed by atoms with van der Waals surface area (Å²) in [5, 5.41) is 3.06. The van der Waals surface area contributed by atoms with Crippen LogP contribution in [0.4, 0.5) is 0 Å². The summed E-state index contributed by atoms with van der Waals surface area (Å²) in [6, 6.07) is 6.97. The van der Waals surface area contributed by atoms with Crippen molar-refractivity contribution < 1.29 is 13.2 Å². The molecular formula is C20H33N3O3S. The lowest BCUT2D eigenvalue weighted by atomic mass is 9.91. The molecule has 0 unspecified atom stereocenters. The van der Waals surface area contributed by atoms with Crippen molar-refractivity contribution in [1.29, 1.82) is 0 Å². The summed E-state index contributed by atoms with van der Waals surface area (Å²) in [7, 11) is 0.557. The lowest BCUT2D eigenvalue weighted by Crippen LogP contribution is -2.45. The molecule has 0 atom stereocenters. The third kappa shape index (κ3) is 6.02. The van der Waals surface area contributed by atoms with Crippen molar-refractivity contribution in [3.63, 3.8) is 0 Å². The number of nitrogens with one attached hydrogen (secondary N) is 1. The molecule has 0 bridgehead atoms. The van der Waals surface area contributed by atoms with E-state index in [4.69, 9.17) is 0 Å². The van der Waals surface area contributed by atoms with Gasteiger partial charge in [0.05, 0.1) is 4.90 Å². The quantitative estimate of drug-likeness (QED) is 0.768. The van der Waals surface area contributed by atoms with E-state index in [2.05, 4.69) is 24.1 Å². The summed E-state index contributed by atoms with van der Waals surface area (Å²) < 4.78 is 27.1. The van der Waals surface area contributed by atoms with Crippen LogP contribution < -0.4 is 5.32 Å². The molecule has 1 N–H and O–H groups in total. The van der Waals surface area contributed by atoms with Crippen molar-refractivity contribution in [3.8, 4) is 0 Å². The summed E-state index contributed by atoms with van der Waals surface area (Å²) >= 11 is 0. The predicted molar refractivity (Wildman–Crippen MR) is 108 cm³/mol. The molecule has 1 amide bonds. The fraction of sp³-hybridized carbons (Fsp3) is 0.650. The molecule has 6 nitrogen and oxygen atoms in total. The standard InChI is InChI=1S/C20H33N3O3S/c1-16-7-6-8-18(13-16)27(25,26)23-11-9-17(10-12-23)19(24)21-14-20(2,3)15-22(4)5/h6-8,13,17H,9-12,14-15H2,1-5H3,(H,21,24). The number of hydrogen-bond acceptors (Lipinski definition) is 4. The normalized spacial score (nSPS) is 17.3. The highest BCUT2D eigenvalue weighted by atomic mass is 32.2. The van der Waals surface area contributed by atoms with Crippen LogP contribution >= 0.6 is 0 Å². The minimum Gasteiger partial charge on any atom is -0.355 e. The van der Waals surface area contributed by atoms with E-state index >= 15 is 0 Å². The van der Waals surface area contributed by atoms with Crippen LogP contribution in [0.3, 0.4) is 0 Å². The van der Waals surface area contributed by atoms with Gasteiger partial charge in [-0.25, -0.2) is 8.42 Å². The molecule has 1 aromatic rings. The lowest BCUT2D eigenvalue weighted by molar-refractivity contribution is -0.126. The van der Waals surface area contributed by atoms with Crippen molar-refractivity contribution in [2.24, 2.45) is 11.3 Å². The number of aryl methyl sites for hydroxylation is 1. The molecular weight excluding hydrogens is 362 g/mol. The molecule has 2 rings (SSSR count). The molecule has 0 spiro atoms. The topological polar surface area (TPSA) is 69.7 Å². The van der Waals surface area contributed by atoms with Crippen LogP contribution in [0, 0.1) is 18.3 Å². The van der Waals surface area contributed by atoms with Gasteiger partial charge in [-0.15, -0.1) is 0 Å². The van der Waals surface area contributed by atoms with Gasteiger partial charge in [0.2, 0.25) is 15.9 Å². The molecule has 1 saturated heterocycles. The van der Waals surface area contributed by atoms with E-state index in [-0.39, 0.29) is 17.2 Å². The van der Waals surface area contributed by atoms with E-state index in [9.17, 15) is 13.2 Å². The van der Waals surface area contributed by atoms with Crippen LogP contribution in [0.25, 0.3) is 0 Å². The zero-order valence-electron chi connectivity index (χ0n) is 17.2. The van der Waals surface area contributed by atoms with Crippen LogP contribution in [-0.2, 0) is 14.8 Å². The zero-order valence-corrected chi connectivity index (χ0v) is 18.0. The summed E-state index contributed by atoms with van der Waals surface area (Å²) in [4.78, 5) is 15.0. The van der Waals surface area contributed by atoms with Crippen LogP contribution in [0.15, 0.2) is 29.2 Å². The number of hydrogen-bond donors (Lipinski definition) is 1. The second-order valence-corrected chi connectivity index (χ2v) is 10.6. The Labute approximate surface area is 164 Å². The van der Waals surface area contributed by atoms with E-state index in [1.54, 1.807) is 18.2 Å². The highest BCUT2D eigenvalue weighted by Gasteiger charge is 2.32. The van der Waals surface area contributed by atoms with Gasteiger partial charge in [0.1, 0.15) is 0 Å². The van der Waals surface area contributed by atoms with Crippen molar-refractivity contribution in [1.82, 2.24) is 14.5 Å². The Morgan fingerprint density at radius 2 is 1.89 bits per heavy atom. The molecule has 0 aromatic heterocycles. The largest absolute Gasteiger partial charge is 0.355 e. The summed E-state index contributed by atoms with van der Waals surface area (Å²) in [6.07, 6.45) is 1.12. The number of amides is 1. The SMILES string of the molecule is Cc1cccc(S(=O)(=O)N2CCC(C(=O)NCC(C)(C)CN(C)C)CC2)c1. The average Bonchev–Trinajstić information content (AvgIpc) is 2.59. The first-order chi connectivity index (χ1) is 12.5. The minimum atomic E-state index is -3.49. The van der Waals surface area contributed by atoms with E-state index in [1.807, 2.05) is 27.1 Å². The number of nitrogens with zero attached hydrogens (tertiary/aromatic N) is 2. The Hall–Kier alpha value is -1.44. The molecule has 152 valence electrons. The van der Waals surface area contributed by atoms with Crippen LogP contribution in [0.2, 0.25) is 0 Å². The number of benzene rings is 1. The Morgan fingerprint density at radius 1 is 1.26 bits per heavy atom. The predicted octanol–water partition coefficient (Wildman–Crippen LogP) is 2.10. The molecule has 7 heteroatoms. The van der Waals surface area contributed by atoms with Crippen molar-refractivity contribution in [3.05, 3.63) is 29.8 Å². The van der Waals surface area contributed by atoms with E-state index in [0.29, 0.717) is 37.4 Å². The summed E-state index contributed by atoms with van der Waals surface area (Å²) in [5.74, 6) is -0.0847. The molecule has 1 aliphatic rings. The van der Waals surface area contributed by atoms with Gasteiger partial charge in [-0.1, -0.05) is 26.0 Å². The molecule has 1 heterocycles. The first-order valence-electron chi connectivity index (χ1n) is 9.50. The average molecular weight is 396 g/mol. The monoisotopic (exact) mass is 395 g/mol. The Kier molecular flexibility index (Phi) is 7.05. The van der Waals surface area contributed by atoms with Gasteiger partial charge in [0.25, 0.3) is 0 Å². The first-order valence-corrected chi connectivity index (χ1v) is 10.9. The maximum Gasteiger partial charge on any atom is 0.243 e. The van der Waals surface area contributed by atoms with Crippen molar-refractivity contribution in [2.75, 3.05) is 40.3 Å². The number of sulfonamides is 1. The van der Waals surface area contributed by atoms with Gasteiger partial charge in [-0.2, -0.15) is 4.31 Å². The van der Waals surface area contributed by atoms with Crippen molar-refractivity contribution in [2.45, 2.75) is 38.5 Å². The Morgan fingerprint density at radius 3 is 2.44 bits per heavy atom. The van der Waals surface area contributed by atoms with Gasteiger partial charge in [-0.3, -0.25) is 4.79 Å². The van der Waals surface area contributed by atoms with Crippen molar-refractivity contribution >= 4 is 15.9 Å². The fourth-order valence-electron chi connectivity index (χ4n) is 3.67. The van der Waals surface area contributed by atoms with Gasteiger partial charge in [0, 0.05) is 32.1 Å². The summed E-state index contributed by atoms with van der Waals surface area (Å²) in [6.45, 7) is 8.42. The van der Waals surface area contributed by atoms with E-state index in [0.717, 1.165) is 12.1 Å². The summed E-state index contributed by atoms with van der Waals surface area (Å²) in [5.41, 5.74) is 0.916. The highest BCUT2D eigenvalue weighted by molar-refractivity contribution is 7.89. The maximum atomic E-state index is 12.8. The Balaban J connectivity index is 1.90. The number of piperidine rings is 1. The van der Waals surface area contributed by atoms with Gasteiger partial charge >= 0.3 is 0 Å². The van der Waals surface area contributed by atoms with E-state index < -0.39 is 10.0 Å². The smallest absolute Gasteiger partial charge is 0.243 e. The first kappa shape index (κ1) is 21.9. The fourth-order valence-corrected chi connectivity index (χ4v) is 5.24. The maximum absolute atomic E-state index is 12.8. The highest BCUT2D eigenvalue weighted by Crippen LogP contribution is 2.25. The van der Waals surface area contributed by atoms with Crippen LogP contribution in [-0.4, -0.2) is 63.8 Å². The third-order valence-electron chi connectivity index (χ3n) is 4.94. The number of carbonyl (C=O) groups excluding carboxylic acids is 1.